The molecule has 2 atom stereocenters. The smallest absolute Gasteiger partial charge is 0.280 e. The van der Waals surface area contributed by atoms with E-state index in [1.807, 2.05) is 36.4 Å². The zero-order chi connectivity index (χ0) is 16.9. The summed E-state index contributed by atoms with van der Waals surface area (Å²) in [5.41, 5.74) is 3.74. The van der Waals surface area contributed by atoms with Crippen molar-refractivity contribution in [3.05, 3.63) is 42.5 Å². The van der Waals surface area contributed by atoms with Crippen LogP contribution in [0.1, 0.15) is 39.5 Å². The number of rotatable bonds is 4. The highest BCUT2D eigenvalue weighted by Crippen LogP contribution is 2.22. The molecule has 0 saturated heterocycles. The summed E-state index contributed by atoms with van der Waals surface area (Å²) in [6.07, 6.45) is 3.76. The van der Waals surface area contributed by atoms with Gasteiger partial charge in [-0.1, -0.05) is 37.3 Å². The highest BCUT2D eigenvalue weighted by molar-refractivity contribution is 5.88. The number of fused-ring (bicyclic) bond motifs is 1. The van der Waals surface area contributed by atoms with Crippen LogP contribution in [0.5, 0.6) is 5.75 Å². The Morgan fingerprint density at radius 2 is 2.04 bits per heavy atom. The third-order valence-electron chi connectivity index (χ3n) is 4.47. The van der Waals surface area contributed by atoms with Crippen LogP contribution in [0.15, 0.2) is 47.6 Å². The zero-order valence-electron chi connectivity index (χ0n) is 14.3. The van der Waals surface area contributed by atoms with Gasteiger partial charge in [-0.05, 0) is 61.4 Å². The van der Waals surface area contributed by atoms with Gasteiger partial charge in [-0.2, -0.15) is 5.10 Å². The summed E-state index contributed by atoms with van der Waals surface area (Å²) in [5.74, 6) is 1.13. The molecule has 1 N–H and O–H groups in total. The minimum Gasteiger partial charge on any atom is -0.481 e. The van der Waals surface area contributed by atoms with Crippen molar-refractivity contribution in [1.29, 1.82) is 0 Å². The van der Waals surface area contributed by atoms with Crippen LogP contribution in [0.2, 0.25) is 0 Å². The van der Waals surface area contributed by atoms with E-state index >= 15 is 0 Å². The molecule has 0 bridgehead atoms. The van der Waals surface area contributed by atoms with E-state index in [9.17, 15) is 4.79 Å². The van der Waals surface area contributed by atoms with Crippen molar-refractivity contribution in [2.75, 3.05) is 0 Å². The van der Waals surface area contributed by atoms with Crippen molar-refractivity contribution < 1.29 is 9.53 Å². The van der Waals surface area contributed by atoms with Crippen LogP contribution in [0, 0.1) is 5.92 Å². The first-order valence-electron chi connectivity index (χ1n) is 8.62. The first-order chi connectivity index (χ1) is 11.6. The predicted octanol–water partition coefficient (Wildman–Crippen LogP) is 4.29. The third kappa shape index (κ3) is 4.13. The molecule has 24 heavy (non-hydrogen) atoms. The van der Waals surface area contributed by atoms with Crippen LogP contribution in [0.3, 0.4) is 0 Å². The largest absolute Gasteiger partial charge is 0.481 e. The lowest BCUT2D eigenvalue weighted by Gasteiger charge is -2.19. The molecule has 1 amide bonds. The fourth-order valence-corrected chi connectivity index (χ4v) is 3.09. The summed E-state index contributed by atoms with van der Waals surface area (Å²) in [6.45, 7) is 3.97. The van der Waals surface area contributed by atoms with Gasteiger partial charge in [-0.25, -0.2) is 5.43 Å². The van der Waals surface area contributed by atoms with E-state index in [-0.39, 0.29) is 5.91 Å². The number of benzene rings is 2. The highest BCUT2D eigenvalue weighted by Gasteiger charge is 2.17. The van der Waals surface area contributed by atoms with Crippen molar-refractivity contribution in [3.8, 4) is 5.75 Å². The molecule has 4 nitrogen and oxygen atoms in total. The monoisotopic (exact) mass is 324 g/mol. The molecular formula is C20H24N2O2. The maximum atomic E-state index is 12.2. The van der Waals surface area contributed by atoms with Gasteiger partial charge >= 0.3 is 0 Å². The summed E-state index contributed by atoms with van der Waals surface area (Å²) < 4.78 is 5.76. The number of hydrazone groups is 1. The molecule has 2 aromatic carbocycles. The predicted molar refractivity (Wildman–Crippen MR) is 97.2 cm³/mol. The lowest BCUT2D eigenvalue weighted by Crippen LogP contribution is -2.34. The molecular weight excluding hydrogens is 300 g/mol. The van der Waals surface area contributed by atoms with Crippen molar-refractivity contribution >= 4 is 22.4 Å². The van der Waals surface area contributed by atoms with E-state index in [0.29, 0.717) is 11.7 Å². The molecule has 2 unspecified atom stereocenters. The Kier molecular flexibility index (Phi) is 5.14. The first-order valence-corrected chi connectivity index (χ1v) is 8.62. The first kappa shape index (κ1) is 16.5. The molecule has 126 valence electrons. The molecule has 3 rings (SSSR count). The van der Waals surface area contributed by atoms with E-state index in [1.165, 1.54) is 6.42 Å². The van der Waals surface area contributed by atoms with E-state index in [4.69, 9.17) is 4.74 Å². The highest BCUT2D eigenvalue weighted by atomic mass is 16.5. The van der Waals surface area contributed by atoms with Crippen molar-refractivity contribution in [3.63, 3.8) is 0 Å². The van der Waals surface area contributed by atoms with Crippen molar-refractivity contribution in [2.45, 2.75) is 45.6 Å². The second-order valence-corrected chi connectivity index (χ2v) is 6.62. The van der Waals surface area contributed by atoms with Crippen LogP contribution < -0.4 is 10.2 Å². The SMILES string of the molecule is CC1CCC/C(=N\NC(=O)C(C)Oc2ccc3ccccc3c2)C1. The van der Waals surface area contributed by atoms with Gasteiger partial charge in [0.1, 0.15) is 5.75 Å². The van der Waals surface area contributed by atoms with Crippen LogP contribution in [0.4, 0.5) is 0 Å². The Balaban J connectivity index is 1.59. The summed E-state index contributed by atoms with van der Waals surface area (Å²) >= 11 is 0. The quantitative estimate of drug-likeness (QED) is 0.853. The molecule has 1 aliphatic rings. The van der Waals surface area contributed by atoms with Gasteiger partial charge in [0.25, 0.3) is 5.91 Å². The van der Waals surface area contributed by atoms with Gasteiger partial charge in [0, 0.05) is 5.71 Å². The number of hydrogen-bond acceptors (Lipinski definition) is 3. The second kappa shape index (κ2) is 7.47. The molecule has 0 radical (unpaired) electrons. The molecule has 1 fully saturated rings. The van der Waals surface area contributed by atoms with E-state index in [1.54, 1.807) is 6.92 Å². The van der Waals surface area contributed by atoms with Crippen LogP contribution >= 0.6 is 0 Å². The normalized spacial score (nSPS) is 20.8. The molecule has 4 heteroatoms. The fraction of sp³-hybridized carbons (Fsp3) is 0.400. The number of hydrogen-bond donors (Lipinski definition) is 1. The minimum atomic E-state index is -0.587. The molecule has 2 aromatic rings. The van der Waals surface area contributed by atoms with Crippen molar-refractivity contribution in [2.24, 2.45) is 11.0 Å². The number of nitrogens with one attached hydrogen (secondary N) is 1. The maximum Gasteiger partial charge on any atom is 0.280 e. The van der Waals surface area contributed by atoms with Gasteiger partial charge in [-0.3, -0.25) is 4.79 Å². The average Bonchev–Trinajstić information content (AvgIpc) is 2.59. The van der Waals surface area contributed by atoms with Gasteiger partial charge in [-0.15, -0.1) is 0 Å². The van der Waals surface area contributed by atoms with Gasteiger partial charge in [0.15, 0.2) is 6.10 Å². The van der Waals surface area contributed by atoms with Crippen LogP contribution in [-0.4, -0.2) is 17.7 Å². The lowest BCUT2D eigenvalue weighted by atomic mass is 9.89. The Morgan fingerprint density at radius 1 is 1.25 bits per heavy atom. The van der Waals surface area contributed by atoms with Crippen molar-refractivity contribution in [1.82, 2.24) is 5.43 Å². The topological polar surface area (TPSA) is 50.7 Å². The average molecular weight is 324 g/mol. The molecule has 0 heterocycles. The Bertz CT molecular complexity index is 754. The number of ether oxygens (including phenoxy) is 1. The molecule has 1 aliphatic carbocycles. The van der Waals surface area contributed by atoms with Crippen LogP contribution in [-0.2, 0) is 4.79 Å². The fourth-order valence-electron chi connectivity index (χ4n) is 3.09. The maximum absolute atomic E-state index is 12.2. The molecule has 1 saturated carbocycles. The molecule has 0 spiro atoms. The van der Waals surface area contributed by atoms with E-state index < -0.39 is 6.10 Å². The molecule has 0 aliphatic heterocycles. The summed E-state index contributed by atoms with van der Waals surface area (Å²) in [7, 11) is 0. The number of amides is 1. The third-order valence-corrected chi connectivity index (χ3v) is 4.47. The summed E-state index contributed by atoms with van der Waals surface area (Å²) in [6, 6.07) is 13.9. The van der Waals surface area contributed by atoms with Gasteiger partial charge in [0.2, 0.25) is 0 Å². The van der Waals surface area contributed by atoms with Gasteiger partial charge < -0.3 is 4.74 Å². The lowest BCUT2D eigenvalue weighted by molar-refractivity contribution is -0.127. The standard InChI is InChI=1S/C20H24N2O2/c1-14-6-5-9-18(12-14)21-22-20(23)15(2)24-19-11-10-16-7-3-4-8-17(16)13-19/h3-4,7-8,10-11,13-15H,5-6,9,12H2,1-2H3,(H,22,23)/b21-18+. The number of carbonyl (C=O) groups is 1. The van der Waals surface area contributed by atoms with E-state index in [2.05, 4.69) is 23.5 Å². The summed E-state index contributed by atoms with van der Waals surface area (Å²) in [4.78, 5) is 12.2. The summed E-state index contributed by atoms with van der Waals surface area (Å²) in [5, 5.41) is 6.53. The number of nitrogens with zero attached hydrogens (tertiary/aromatic N) is 1. The zero-order valence-corrected chi connectivity index (χ0v) is 14.3. The Labute approximate surface area is 142 Å². The number of carbonyl (C=O) groups excluding carboxylic acids is 1. The second-order valence-electron chi connectivity index (χ2n) is 6.62. The van der Waals surface area contributed by atoms with Gasteiger partial charge in [0.05, 0.1) is 0 Å². The minimum absolute atomic E-state index is 0.214. The Morgan fingerprint density at radius 3 is 2.83 bits per heavy atom. The van der Waals surface area contributed by atoms with E-state index in [0.717, 1.165) is 35.7 Å². The van der Waals surface area contributed by atoms with Crippen LogP contribution in [0.25, 0.3) is 10.8 Å². The molecule has 0 aromatic heterocycles. The Hall–Kier alpha value is -2.36.